The van der Waals surface area contributed by atoms with Gasteiger partial charge >= 0.3 is 0 Å². The van der Waals surface area contributed by atoms with E-state index in [1.54, 1.807) is 30.6 Å². The molecule has 1 unspecified atom stereocenters. The highest BCUT2D eigenvalue weighted by Crippen LogP contribution is 2.27. The summed E-state index contributed by atoms with van der Waals surface area (Å²) in [4.78, 5) is 26.1. The number of thioether (sulfide) groups is 2. The molecule has 1 saturated carbocycles. The number of rotatable bonds is 12. The van der Waals surface area contributed by atoms with E-state index in [0.29, 0.717) is 23.6 Å². The second-order valence-electron chi connectivity index (χ2n) is 9.84. The summed E-state index contributed by atoms with van der Waals surface area (Å²) in [5.74, 6) is 4.33. The molecule has 2 fully saturated rings. The standard InChI is InChI=1S/C26H41N3O3S2/c1-18(2)13-24-28-23(17-34-24)26(31)29-22(16-33-15-20-7-5-4-6-8-20)25(30)27-14-19-9-11-21(32-3)12-10-19/h9-12,18,20,22-24,28H,4-8,13-17H2,1-3H3,(H,27,30)(H,29,31)/t22-,23-,24?/m0/s1. The third-order valence-corrected chi connectivity index (χ3v) is 9.01. The largest absolute Gasteiger partial charge is 0.497 e. The zero-order valence-electron chi connectivity index (χ0n) is 20.8. The fourth-order valence-electron chi connectivity index (χ4n) is 4.47. The van der Waals surface area contributed by atoms with E-state index in [9.17, 15) is 9.59 Å². The molecular weight excluding hydrogens is 466 g/mol. The lowest BCUT2D eigenvalue weighted by atomic mass is 9.91. The highest BCUT2D eigenvalue weighted by Gasteiger charge is 2.32. The Morgan fingerprint density at radius 1 is 1.18 bits per heavy atom. The third kappa shape index (κ3) is 9.00. The minimum atomic E-state index is -0.532. The van der Waals surface area contributed by atoms with Gasteiger partial charge in [0.25, 0.3) is 0 Å². The van der Waals surface area contributed by atoms with Gasteiger partial charge in [0.05, 0.1) is 18.5 Å². The molecule has 190 valence electrons. The number of benzene rings is 1. The zero-order chi connectivity index (χ0) is 24.3. The Labute approximate surface area is 213 Å². The van der Waals surface area contributed by atoms with Crippen LogP contribution in [0.2, 0.25) is 0 Å². The Bertz CT molecular complexity index is 769. The van der Waals surface area contributed by atoms with Crippen LogP contribution in [-0.4, -0.2) is 53.6 Å². The number of hydrogen-bond donors (Lipinski definition) is 3. The SMILES string of the molecule is COc1ccc(CNC(=O)[C@H](CSCC2CCCCC2)NC(=O)[C@@H]2CSC(CC(C)C)N2)cc1. The zero-order valence-corrected chi connectivity index (χ0v) is 22.4. The van der Waals surface area contributed by atoms with Crippen molar-refractivity contribution >= 4 is 35.3 Å². The van der Waals surface area contributed by atoms with Crippen molar-refractivity contribution in [1.29, 1.82) is 0 Å². The van der Waals surface area contributed by atoms with Gasteiger partial charge in [-0.05, 0) is 54.5 Å². The fraction of sp³-hybridized carbons (Fsp3) is 0.692. The van der Waals surface area contributed by atoms with E-state index in [1.807, 2.05) is 24.3 Å². The number of carbonyl (C=O) groups is 2. The second kappa shape index (κ2) is 14.2. The Kier molecular flexibility index (Phi) is 11.4. The number of amides is 2. The maximum absolute atomic E-state index is 13.1. The molecule has 0 aromatic heterocycles. The van der Waals surface area contributed by atoms with Crippen LogP contribution >= 0.6 is 23.5 Å². The quantitative estimate of drug-likeness (QED) is 0.394. The van der Waals surface area contributed by atoms with Gasteiger partial charge in [0.15, 0.2) is 0 Å². The smallest absolute Gasteiger partial charge is 0.243 e. The molecule has 2 aliphatic rings. The van der Waals surface area contributed by atoms with Crippen LogP contribution in [0.5, 0.6) is 5.75 Å². The third-order valence-electron chi connectivity index (χ3n) is 6.47. The molecule has 1 saturated heterocycles. The van der Waals surface area contributed by atoms with Gasteiger partial charge in [-0.25, -0.2) is 0 Å². The molecule has 3 N–H and O–H groups in total. The first-order valence-corrected chi connectivity index (χ1v) is 14.8. The molecule has 0 spiro atoms. The maximum atomic E-state index is 13.1. The highest BCUT2D eigenvalue weighted by molar-refractivity contribution is 8.00. The van der Waals surface area contributed by atoms with E-state index in [-0.39, 0.29) is 17.9 Å². The Morgan fingerprint density at radius 3 is 2.59 bits per heavy atom. The van der Waals surface area contributed by atoms with Gasteiger partial charge in [-0.1, -0.05) is 45.2 Å². The van der Waals surface area contributed by atoms with E-state index in [4.69, 9.17) is 4.74 Å². The number of hydrogen-bond acceptors (Lipinski definition) is 6. The molecule has 1 heterocycles. The first-order valence-electron chi connectivity index (χ1n) is 12.6. The van der Waals surface area contributed by atoms with Crippen LogP contribution < -0.4 is 20.7 Å². The van der Waals surface area contributed by atoms with Gasteiger partial charge < -0.3 is 15.4 Å². The number of ether oxygens (including phenoxy) is 1. The van der Waals surface area contributed by atoms with Crippen molar-refractivity contribution < 1.29 is 14.3 Å². The predicted molar refractivity (Wildman–Crippen MR) is 143 cm³/mol. The summed E-state index contributed by atoms with van der Waals surface area (Å²) in [6, 6.07) is 6.89. The predicted octanol–water partition coefficient (Wildman–Crippen LogP) is 4.19. The summed E-state index contributed by atoms with van der Waals surface area (Å²) in [6.07, 6.45) is 7.59. The van der Waals surface area contributed by atoms with Crippen LogP contribution in [0.1, 0.15) is 57.9 Å². The molecule has 34 heavy (non-hydrogen) atoms. The minimum absolute atomic E-state index is 0.0679. The van der Waals surface area contributed by atoms with Crippen LogP contribution in [0.3, 0.4) is 0 Å². The van der Waals surface area contributed by atoms with Gasteiger partial charge in [0, 0.05) is 18.1 Å². The van der Waals surface area contributed by atoms with Crippen molar-refractivity contribution in [3.63, 3.8) is 0 Å². The summed E-state index contributed by atoms with van der Waals surface area (Å²) in [7, 11) is 1.64. The topological polar surface area (TPSA) is 79.5 Å². The van der Waals surface area contributed by atoms with Crippen molar-refractivity contribution in [3.8, 4) is 5.75 Å². The average molecular weight is 508 g/mol. The van der Waals surface area contributed by atoms with E-state index in [2.05, 4.69) is 29.8 Å². The summed E-state index contributed by atoms with van der Waals surface area (Å²) in [6.45, 7) is 4.82. The fourth-order valence-corrected chi connectivity index (χ4v) is 7.19. The molecule has 8 heteroatoms. The lowest BCUT2D eigenvalue weighted by molar-refractivity contribution is -0.129. The monoisotopic (exact) mass is 507 g/mol. The average Bonchev–Trinajstić information content (AvgIpc) is 3.30. The van der Waals surface area contributed by atoms with Crippen molar-refractivity contribution in [2.24, 2.45) is 11.8 Å². The van der Waals surface area contributed by atoms with Gasteiger partial charge in [-0.3, -0.25) is 14.9 Å². The molecule has 1 aromatic rings. The molecule has 0 radical (unpaired) electrons. The molecule has 1 aliphatic carbocycles. The van der Waals surface area contributed by atoms with Crippen LogP contribution in [0.15, 0.2) is 24.3 Å². The highest BCUT2D eigenvalue weighted by atomic mass is 32.2. The van der Waals surface area contributed by atoms with E-state index >= 15 is 0 Å². The molecule has 3 rings (SSSR count). The number of carbonyl (C=O) groups excluding carboxylic acids is 2. The van der Waals surface area contributed by atoms with Crippen LogP contribution in [0.4, 0.5) is 0 Å². The molecule has 1 aromatic carbocycles. The van der Waals surface area contributed by atoms with Crippen LogP contribution in [0.25, 0.3) is 0 Å². The van der Waals surface area contributed by atoms with E-state index in [0.717, 1.165) is 35.2 Å². The Morgan fingerprint density at radius 2 is 1.91 bits per heavy atom. The second-order valence-corrected chi connectivity index (χ2v) is 12.1. The molecule has 1 aliphatic heterocycles. The summed E-state index contributed by atoms with van der Waals surface area (Å²) < 4.78 is 5.20. The van der Waals surface area contributed by atoms with Crippen molar-refractivity contribution in [1.82, 2.24) is 16.0 Å². The molecule has 2 amide bonds. The Hall–Kier alpha value is -1.38. The number of nitrogens with one attached hydrogen (secondary N) is 3. The Balaban J connectivity index is 1.53. The maximum Gasteiger partial charge on any atom is 0.243 e. The van der Waals surface area contributed by atoms with Gasteiger partial charge in [0.1, 0.15) is 11.8 Å². The van der Waals surface area contributed by atoms with Crippen molar-refractivity contribution in [2.75, 3.05) is 24.4 Å². The van der Waals surface area contributed by atoms with E-state index < -0.39 is 6.04 Å². The van der Waals surface area contributed by atoms with Crippen LogP contribution in [0, 0.1) is 11.8 Å². The molecular formula is C26H41N3O3S2. The summed E-state index contributed by atoms with van der Waals surface area (Å²) in [5.41, 5.74) is 1.000. The molecule has 0 bridgehead atoms. The molecule has 3 atom stereocenters. The summed E-state index contributed by atoms with van der Waals surface area (Å²) >= 11 is 3.60. The lowest BCUT2D eigenvalue weighted by Gasteiger charge is -2.24. The minimum Gasteiger partial charge on any atom is -0.497 e. The van der Waals surface area contributed by atoms with Gasteiger partial charge in [0.2, 0.25) is 11.8 Å². The normalized spacial score (nSPS) is 21.9. The van der Waals surface area contributed by atoms with Gasteiger partial charge in [-0.2, -0.15) is 11.8 Å². The number of methoxy groups -OCH3 is 1. The summed E-state index contributed by atoms with van der Waals surface area (Å²) in [5, 5.41) is 9.83. The van der Waals surface area contributed by atoms with Crippen LogP contribution in [-0.2, 0) is 16.1 Å². The van der Waals surface area contributed by atoms with Crippen molar-refractivity contribution in [2.45, 2.75) is 76.4 Å². The van der Waals surface area contributed by atoms with Gasteiger partial charge in [-0.15, -0.1) is 11.8 Å². The van der Waals surface area contributed by atoms with Crippen molar-refractivity contribution in [3.05, 3.63) is 29.8 Å². The first-order chi connectivity index (χ1) is 16.4. The lowest BCUT2D eigenvalue weighted by Crippen LogP contribution is -2.53. The van der Waals surface area contributed by atoms with E-state index in [1.165, 1.54) is 32.1 Å². The molecule has 6 nitrogen and oxygen atoms in total. The first kappa shape index (κ1) is 27.2.